The fourth-order valence-electron chi connectivity index (χ4n) is 1.04. The van der Waals surface area contributed by atoms with Crippen molar-refractivity contribution in [1.29, 1.82) is 0 Å². The molecule has 0 heterocycles. The molecule has 0 bridgehead atoms. The molecule has 0 unspecified atom stereocenters. The minimum atomic E-state index is -0.384. The van der Waals surface area contributed by atoms with Crippen LogP contribution in [0, 0.1) is 0 Å². The zero-order valence-electron chi connectivity index (χ0n) is 9.26. The van der Waals surface area contributed by atoms with Crippen LogP contribution in [0.4, 0.5) is 0 Å². The van der Waals surface area contributed by atoms with Crippen LogP contribution in [-0.2, 0) is 9.53 Å². The first-order chi connectivity index (χ1) is 6.99. The number of carbonyl (C=O) groups excluding carboxylic acids is 1. The molecule has 0 aliphatic rings. The van der Waals surface area contributed by atoms with Crippen molar-refractivity contribution in [1.82, 2.24) is 0 Å². The maximum Gasteiger partial charge on any atom is 0.338 e. The van der Waals surface area contributed by atoms with Crippen molar-refractivity contribution in [3.8, 4) is 0 Å². The van der Waals surface area contributed by atoms with Crippen LogP contribution in [0.1, 0.15) is 13.8 Å². The van der Waals surface area contributed by atoms with E-state index < -0.39 is 0 Å². The van der Waals surface area contributed by atoms with Gasteiger partial charge in [-0.05, 0) is 40.9 Å². The Morgan fingerprint density at radius 1 is 1.47 bits per heavy atom. The van der Waals surface area contributed by atoms with Crippen LogP contribution in [0.2, 0.25) is 0 Å². The molecule has 15 heavy (non-hydrogen) atoms. The number of rotatable bonds is 4. The molecule has 0 aromatic rings. The van der Waals surface area contributed by atoms with Crippen molar-refractivity contribution in [2.75, 3.05) is 7.11 Å². The monoisotopic (exact) mass is 270 g/mol. The van der Waals surface area contributed by atoms with E-state index in [1.807, 2.05) is 6.92 Å². The maximum atomic E-state index is 11.4. The SMILES string of the molecule is C=C/C(C(=C)C)=C(\Br)C(=CC)C(=O)OC. The van der Waals surface area contributed by atoms with Gasteiger partial charge in [-0.3, -0.25) is 0 Å². The first-order valence-electron chi connectivity index (χ1n) is 4.42. The summed E-state index contributed by atoms with van der Waals surface area (Å²) < 4.78 is 5.32. The first kappa shape index (κ1) is 13.9. The van der Waals surface area contributed by atoms with E-state index in [0.29, 0.717) is 10.1 Å². The fraction of sp³-hybridized carbons (Fsp3) is 0.250. The highest BCUT2D eigenvalue weighted by Crippen LogP contribution is 2.26. The third kappa shape index (κ3) is 3.51. The predicted molar refractivity (Wildman–Crippen MR) is 66.7 cm³/mol. The summed E-state index contributed by atoms with van der Waals surface area (Å²) in [5.41, 5.74) is 2.10. The molecule has 0 saturated carbocycles. The summed E-state index contributed by atoms with van der Waals surface area (Å²) in [4.78, 5) is 11.4. The molecule has 0 spiro atoms. The molecular weight excluding hydrogens is 256 g/mol. The van der Waals surface area contributed by atoms with Crippen LogP contribution in [0.5, 0.6) is 0 Å². The van der Waals surface area contributed by atoms with E-state index in [0.717, 1.165) is 11.1 Å². The lowest BCUT2D eigenvalue weighted by atomic mass is 10.1. The summed E-state index contributed by atoms with van der Waals surface area (Å²) in [6, 6.07) is 0. The van der Waals surface area contributed by atoms with Crippen molar-refractivity contribution in [3.63, 3.8) is 0 Å². The number of hydrogen-bond donors (Lipinski definition) is 0. The third-order valence-corrected chi connectivity index (χ3v) is 2.69. The van der Waals surface area contributed by atoms with Crippen LogP contribution < -0.4 is 0 Å². The van der Waals surface area contributed by atoms with Gasteiger partial charge in [0.1, 0.15) is 0 Å². The van der Waals surface area contributed by atoms with Crippen molar-refractivity contribution in [3.05, 3.63) is 46.5 Å². The lowest BCUT2D eigenvalue weighted by molar-refractivity contribution is -0.135. The van der Waals surface area contributed by atoms with E-state index in [1.165, 1.54) is 7.11 Å². The summed E-state index contributed by atoms with van der Waals surface area (Å²) in [6.45, 7) is 11.1. The second-order valence-corrected chi connectivity index (χ2v) is 3.70. The van der Waals surface area contributed by atoms with Gasteiger partial charge in [0.05, 0.1) is 12.7 Å². The highest BCUT2D eigenvalue weighted by atomic mass is 79.9. The summed E-state index contributed by atoms with van der Waals surface area (Å²) >= 11 is 3.35. The standard InChI is InChI=1S/C12H15BrO2/c1-6-9(8(3)4)11(13)10(7-2)12(14)15-5/h6-7H,1,3H2,2,4-5H3/b10-7?,11-9+. The third-order valence-electron chi connectivity index (χ3n) is 1.83. The largest absolute Gasteiger partial charge is 0.465 e. The second kappa shape index (κ2) is 6.40. The first-order valence-corrected chi connectivity index (χ1v) is 5.21. The van der Waals surface area contributed by atoms with Gasteiger partial charge >= 0.3 is 5.97 Å². The van der Waals surface area contributed by atoms with Crippen molar-refractivity contribution >= 4 is 21.9 Å². The van der Waals surface area contributed by atoms with E-state index in [9.17, 15) is 4.79 Å². The minimum Gasteiger partial charge on any atom is -0.465 e. The zero-order chi connectivity index (χ0) is 12.0. The van der Waals surface area contributed by atoms with Crippen LogP contribution in [0.25, 0.3) is 0 Å². The topological polar surface area (TPSA) is 26.3 Å². The number of ether oxygens (including phenoxy) is 1. The molecule has 0 radical (unpaired) electrons. The average molecular weight is 271 g/mol. The highest BCUT2D eigenvalue weighted by Gasteiger charge is 2.14. The zero-order valence-corrected chi connectivity index (χ0v) is 10.8. The van der Waals surface area contributed by atoms with Crippen molar-refractivity contribution in [2.24, 2.45) is 0 Å². The Morgan fingerprint density at radius 2 is 2.00 bits per heavy atom. The van der Waals surface area contributed by atoms with Gasteiger partial charge in [0.25, 0.3) is 0 Å². The number of allylic oxidation sites excluding steroid dienone is 4. The molecule has 0 aliphatic heterocycles. The smallest absolute Gasteiger partial charge is 0.338 e. The Kier molecular flexibility index (Phi) is 5.94. The van der Waals surface area contributed by atoms with Crippen molar-refractivity contribution < 1.29 is 9.53 Å². The van der Waals surface area contributed by atoms with Crippen LogP contribution in [0.3, 0.4) is 0 Å². The molecule has 0 saturated heterocycles. The molecule has 82 valence electrons. The molecule has 0 fully saturated rings. The fourth-order valence-corrected chi connectivity index (χ4v) is 1.93. The lowest BCUT2D eigenvalue weighted by Gasteiger charge is -2.08. The normalized spacial score (nSPS) is 12.9. The molecule has 2 nitrogen and oxygen atoms in total. The van der Waals surface area contributed by atoms with E-state index in [1.54, 1.807) is 19.1 Å². The van der Waals surface area contributed by atoms with E-state index >= 15 is 0 Å². The van der Waals surface area contributed by atoms with Crippen LogP contribution in [-0.4, -0.2) is 13.1 Å². The molecule has 0 N–H and O–H groups in total. The van der Waals surface area contributed by atoms with Crippen LogP contribution >= 0.6 is 15.9 Å². The maximum absolute atomic E-state index is 11.4. The highest BCUT2D eigenvalue weighted by molar-refractivity contribution is 9.12. The summed E-state index contributed by atoms with van der Waals surface area (Å²) in [5.74, 6) is -0.384. The van der Waals surface area contributed by atoms with Gasteiger partial charge in [0.2, 0.25) is 0 Å². The van der Waals surface area contributed by atoms with Gasteiger partial charge in [0, 0.05) is 4.48 Å². The Labute approximate surface area is 99.1 Å². The number of carbonyl (C=O) groups is 1. The van der Waals surface area contributed by atoms with Gasteiger partial charge in [0.15, 0.2) is 0 Å². The van der Waals surface area contributed by atoms with E-state index in [2.05, 4.69) is 33.8 Å². The minimum absolute atomic E-state index is 0.384. The van der Waals surface area contributed by atoms with E-state index in [-0.39, 0.29) is 5.97 Å². The number of halogens is 1. The second-order valence-electron chi connectivity index (χ2n) is 2.91. The Balaban J connectivity index is 5.44. The molecule has 0 rings (SSSR count). The summed E-state index contributed by atoms with van der Waals surface area (Å²) in [7, 11) is 1.35. The van der Waals surface area contributed by atoms with Gasteiger partial charge < -0.3 is 4.74 Å². The summed E-state index contributed by atoms with van der Waals surface area (Å²) in [5, 5.41) is 0. The average Bonchev–Trinajstić information content (AvgIpc) is 2.19. The molecule has 0 aromatic heterocycles. The number of esters is 1. The Bertz CT molecular complexity index is 349. The van der Waals surface area contributed by atoms with Crippen LogP contribution in [0.15, 0.2) is 46.5 Å². The number of hydrogen-bond acceptors (Lipinski definition) is 2. The number of methoxy groups -OCH3 is 1. The molecule has 0 aliphatic carbocycles. The molecule has 0 atom stereocenters. The molecule has 0 amide bonds. The van der Waals surface area contributed by atoms with Gasteiger partial charge in [-0.1, -0.05) is 25.3 Å². The van der Waals surface area contributed by atoms with Gasteiger partial charge in [-0.15, -0.1) is 0 Å². The quantitative estimate of drug-likeness (QED) is 0.444. The van der Waals surface area contributed by atoms with E-state index in [4.69, 9.17) is 0 Å². The molecule has 0 aromatic carbocycles. The van der Waals surface area contributed by atoms with Gasteiger partial charge in [-0.25, -0.2) is 4.79 Å². The predicted octanol–water partition coefficient (Wildman–Crippen LogP) is 3.52. The summed E-state index contributed by atoms with van der Waals surface area (Å²) in [6.07, 6.45) is 3.33. The Morgan fingerprint density at radius 3 is 2.27 bits per heavy atom. The molecular formula is C12H15BrO2. The van der Waals surface area contributed by atoms with Crippen molar-refractivity contribution in [2.45, 2.75) is 13.8 Å². The lowest BCUT2D eigenvalue weighted by Crippen LogP contribution is -2.06. The van der Waals surface area contributed by atoms with Gasteiger partial charge in [-0.2, -0.15) is 0 Å². The Hall–Kier alpha value is -1.09. The molecule has 3 heteroatoms.